The van der Waals surface area contributed by atoms with Crippen molar-refractivity contribution in [3.05, 3.63) is 15.6 Å². The molecule has 0 spiro atoms. The van der Waals surface area contributed by atoms with Crippen molar-refractivity contribution in [1.29, 1.82) is 0 Å². The van der Waals surface area contributed by atoms with Crippen LogP contribution in [0.5, 0.6) is 0 Å². The molecule has 0 amide bonds. The van der Waals surface area contributed by atoms with E-state index in [9.17, 15) is 0 Å². The average Bonchev–Trinajstić information content (AvgIpc) is 2.70. The van der Waals surface area contributed by atoms with Crippen LogP contribution in [0.15, 0.2) is 0 Å². The zero-order chi connectivity index (χ0) is 15.3. The van der Waals surface area contributed by atoms with Crippen molar-refractivity contribution >= 4 is 11.3 Å². The Bertz CT molecular complexity index is 407. The SMILES string of the molecule is CCCc1nc(C(OC)C(C)C)sc1CNC(C)(C)C. The fraction of sp³-hybridized carbons (Fsp3) is 0.812. The molecular weight excluding hydrogens is 268 g/mol. The number of aromatic nitrogens is 1. The second-order valence-corrected chi connectivity index (χ2v) is 7.79. The van der Waals surface area contributed by atoms with Gasteiger partial charge in [0.2, 0.25) is 0 Å². The van der Waals surface area contributed by atoms with E-state index in [0.29, 0.717) is 5.92 Å². The minimum atomic E-state index is 0.110. The molecule has 0 aliphatic carbocycles. The Balaban J connectivity index is 2.94. The molecule has 4 heteroatoms. The van der Waals surface area contributed by atoms with E-state index in [0.717, 1.165) is 24.4 Å². The number of aryl methyl sites for hydroxylation is 1. The molecule has 0 aliphatic rings. The summed E-state index contributed by atoms with van der Waals surface area (Å²) in [6, 6.07) is 0. The van der Waals surface area contributed by atoms with Crippen LogP contribution in [0.4, 0.5) is 0 Å². The first-order valence-electron chi connectivity index (χ1n) is 7.54. The van der Waals surface area contributed by atoms with Crippen molar-refractivity contribution in [2.45, 2.75) is 72.6 Å². The molecule has 1 aromatic heterocycles. The van der Waals surface area contributed by atoms with E-state index in [-0.39, 0.29) is 11.6 Å². The summed E-state index contributed by atoms with van der Waals surface area (Å²) in [4.78, 5) is 6.21. The Kier molecular flexibility index (Phi) is 6.62. The van der Waals surface area contributed by atoms with Crippen LogP contribution < -0.4 is 5.32 Å². The van der Waals surface area contributed by atoms with Crippen LogP contribution in [-0.2, 0) is 17.7 Å². The zero-order valence-corrected chi connectivity index (χ0v) is 14.9. The Morgan fingerprint density at radius 2 is 1.95 bits per heavy atom. The normalized spacial score (nSPS) is 14.0. The zero-order valence-electron chi connectivity index (χ0n) is 14.0. The predicted octanol–water partition coefficient (Wildman–Crippen LogP) is 4.33. The molecule has 0 aromatic carbocycles. The first-order valence-corrected chi connectivity index (χ1v) is 8.36. The molecule has 1 rings (SSSR count). The van der Waals surface area contributed by atoms with Gasteiger partial charge in [-0.3, -0.25) is 0 Å². The minimum absolute atomic E-state index is 0.110. The molecule has 1 aromatic rings. The highest BCUT2D eigenvalue weighted by Gasteiger charge is 2.22. The largest absolute Gasteiger partial charge is 0.374 e. The monoisotopic (exact) mass is 298 g/mol. The van der Waals surface area contributed by atoms with Gasteiger partial charge in [0.05, 0.1) is 5.69 Å². The summed E-state index contributed by atoms with van der Waals surface area (Å²) in [5.41, 5.74) is 1.37. The van der Waals surface area contributed by atoms with Gasteiger partial charge in [-0.15, -0.1) is 11.3 Å². The molecule has 116 valence electrons. The van der Waals surface area contributed by atoms with Crippen molar-refractivity contribution in [1.82, 2.24) is 10.3 Å². The third kappa shape index (κ3) is 5.15. The van der Waals surface area contributed by atoms with Gasteiger partial charge in [0.1, 0.15) is 11.1 Å². The van der Waals surface area contributed by atoms with Crippen molar-refractivity contribution in [3.8, 4) is 0 Å². The van der Waals surface area contributed by atoms with Gasteiger partial charge in [0.25, 0.3) is 0 Å². The summed E-state index contributed by atoms with van der Waals surface area (Å²) in [6.07, 6.45) is 2.29. The fourth-order valence-electron chi connectivity index (χ4n) is 2.10. The van der Waals surface area contributed by atoms with Gasteiger partial charge in [0.15, 0.2) is 0 Å². The lowest BCUT2D eigenvalue weighted by atomic mass is 10.1. The second kappa shape index (κ2) is 7.53. The highest BCUT2D eigenvalue weighted by Crippen LogP contribution is 2.31. The van der Waals surface area contributed by atoms with Crippen LogP contribution in [0.25, 0.3) is 0 Å². The van der Waals surface area contributed by atoms with E-state index >= 15 is 0 Å². The Hall–Kier alpha value is -0.450. The molecule has 0 radical (unpaired) electrons. The van der Waals surface area contributed by atoms with Crippen LogP contribution >= 0.6 is 11.3 Å². The molecule has 0 bridgehead atoms. The van der Waals surface area contributed by atoms with E-state index in [4.69, 9.17) is 9.72 Å². The number of nitrogens with zero attached hydrogens (tertiary/aromatic N) is 1. The van der Waals surface area contributed by atoms with Crippen LogP contribution in [0, 0.1) is 5.92 Å². The van der Waals surface area contributed by atoms with Gasteiger partial charge in [-0.05, 0) is 33.1 Å². The van der Waals surface area contributed by atoms with Gasteiger partial charge in [-0.1, -0.05) is 27.2 Å². The van der Waals surface area contributed by atoms with Gasteiger partial charge in [0, 0.05) is 24.1 Å². The molecule has 3 nitrogen and oxygen atoms in total. The third-order valence-electron chi connectivity index (χ3n) is 3.16. The highest BCUT2D eigenvalue weighted by atomic mass is 32.1. The summed E-state index contributed by atoms with van der Waals surface area (Å²) in [5.74, 6) is 0.448. The van der Waals surface area contributed by atoms with Gasteiger partial charge in [-0.25, -0.2) is 4.98 Å². The maximum atomic E-state index is 5.62. The lowest BCUT2D eigenvalue weighted by Crippen LogP contribution is -2.35. The lowest BCUT2D eigenvalue weighted by molar-refractivity contribution is 0.0643. The first-order chi connectivity index (χ1) is 9.28. The van der Waals surface area contributed by atoms with E-state index in [1.54, 1.807) is 18.4 Å². The number of hydrogen-bond donors (Lipinski definition) is 1. The summed E-state index contributed by atoms with van der Waals surface area (Å²) in [6.45, 7) is 14.0. The van der Waals surface area contributed by atoms with Crippen molar-refractivity contribution in [3.63, 3.8) is 0 Å². The Morgan fingerprint density at radius 3 is 2.40 bits per heavy atom. The van der Waals surface area contributed by atoms with Gasteiger partial charge in [-0.2, -0.15) is 0 Å². The maximum absolute atomic E-state index is 5.62. The second-order valence-electron chi connectivity index (χ2n) is 6.68. The number of rotatable bonds is 7. The number of methoxy groups -OCH3 is 1. The third-order valence-corrected chi connectivity index (χ3v) is 4.32. The molecular formula is C16H30N2OS. The number of thiazole rings is 1. The van der Waals surface area contributed by atoms with E-state index in [2.05, 4.69) is 46.9 Å². The van der Waals surface area contributed by atoms with Crippen molar-refractivity contribution in [2.75, 3.05) is 7.11 Å². The first kappa shape index (κ1) is 17.6. The molecule has 20 heavy (non-hydrogen) atoms. The maximum Gasteiger partial charge on any atom is 0.122 e. The van der Waals surface area contributed by atoms with Crippen molar-refractivity contribution < 1.29 is 4.74 Å². The Morgan fingerprint density at radius 1 is 1.30 bits per heavy atom. The average molecular weight is 298 g/mol. The molecule has 0 fully saturated rings. The summed E-state index contributed by atoms with van der Waals surface area (Å²) < 4.78 is 5.62. The fourth-order valence-corrected chi connectivity index (χ4v) is 3.40. The smallest absolute Gasteiger partial charge is 0.122 e. The number of hydrogen-bond acceptors (Lipinski definition) is 4. The Labute approximate surface area is 128 Å². The van der Waals surface area contributed by atoms with E-state index < -0.39 is 0 Å². The van der Waals surface area contributed by atoms with Crippen LogP contribution in [0.1, 0.15) is 69.6 Å². The molecule has 0 saturated carbocycles. The van der Waals surface area contributed by atoms with Crippen molar-refractivity contribution in [2.24, 2.45) is 5.92 Å². The molecule has 0 aliphatic heterocycles. The molecule has 0 saturated heterocycles. The summed E-state index contributed by atoms with van der Waals surface area (Å²) in [7, 11) is 1.78. The lowest BCUT2D eigenvalue weighted by Gasteiger charge is -2.20. The van der Waals surface area contributed by atoms with Gasteiger partial charge < -0.3 is 10.1 Å². The quantitative estimate of drug-likeness (QED) is 0.813. The number of nitrogens with one attached hydrogen (secondary N) is 1. The molecule has 1 atom stereocenters. The van der Waals surface area contributed by atoms with Crippen LogP contribution in [0.2, 0.25) is 0 Å². The predicted molar refractivity (Wildman–Crippen MR) is 87.3 cm³/mol. The standard InChI is InChI=1S/C16H30N2OS/c1-8-9-12-13(10-17-16(4,5)6)20-15(18-12)14(19-7)11(2)3/h11,14,17H,8-10H2,1-7H3. The van der Waals surface area contributed by atoms with Gasteiger partial charge >= 0.3 is 0 Å². The van der Waals surface area contributed by atoms with E-state index in [1.807, 2.05) is 0 Å². The topological polar surface area (TPSA) is 34.1 Å². The number of ether oxygens (including phenoxy) is 1. The highest BCUT2D eigenvalue weighted by molar-refractivity contribution is 7.11. The van der Waals surface area contributed by atoms with E-state index in [1.165, 1.54) is 10.6 Å². The summed E-state index contributed by atoms with van der Waals surface area (Å²) >= 11 is 1.80. The van der Waals surface area contributed by atoms with Crippen LogP contribution in [-0.4, -0.2) is 17.6 Å². The minimum Gasteiger partial charge on any atom is -0.374 e. The summed E-state index contributed by atoms with van der Waals surface area (Å²) in [5, 5.41) is 4.69. The molecule has 1 heterocycles. The van der Waals surface area contributed by atoms with Crippen LogP contribution in [0.3, 0.4) is 0 Å². The molecule has 1 unspecified atom stereocenters. The molecule has 1 N–H and O–H groups in total.